The van der Waals surface area contributed by atoms with E-state index in [-0.39, 0.29) is 5.88 Å². The van der Waals surface area contributed by atoms with Crippen LogP contribution >= 0.6 is 0 Å². The molecule has 20 heavy (non-hydrogen) atoms. The Morgan fingerprint density at radius 2 is 1.95 bits per heavy atom. The predicted molar refractivity (Wildman–Crippen MR) is 76.9 cm³/mol. The first kappa shape index (κ1) is 14.5. The molecule has 0 bridgehead atoms. The quantitative estimate of drug-likeness (QED) is 0.877. The van der Waals surface area contributed by atoms with Gasteiger partial charge in [0.2, 0.25) is 0 Å². The molecule has 0 spiro atoms. The van der Waals surface area contributed by atoms with Gasteiger partial charge < -0.3 is 10.1 Å². The van der Waals surface area contributed by atoms with Crippen LogP contribution in [0.15, 0.2) is 42.6 Å². The molecule has 0 unspecified atom stereocenters. The molecular formula is C16H19FN2O. The van der Waals surface area contributed by atoms with E-state index in [9.17, 15) is 4.39 Å². The zero-order valence-corrected chi connectivity index (χ0v) is 11.8. The molecule has 2 rings (SSSR count). The Labute approximate surface area is 118 Å². The maximum Gasteiger partial charge on any atom is 0.251 e. The summed E-state index contributed by atoms with van der Waals surface area (Å²) >= 11 is 0. The smallest absolute Gasteiger partial charge is 0.251 e. The lowest BCUT2D eigenvalue weighted by molar-refractivity contribution is 0.275. The number of pyridine rings is 1. The van der Waals surface area contributed by atoms with Crippen molar-refractivity contribution in [1.29, 1.82) is 0 Å². The molecule has 3 nitrogen and oxygen atoms in total. The molecule has 0 saturated carbocycles. The van der Waals surface area contributed by atoms with Crippen LogP contribution in [0.5, 0.6) is 5.88 Å². The number of hydrogen-bond donors (Lipinski definition) is 1. The minimum absolute atomic E-state index is 0.0527. The lowest BCUT2D eigenvalue weighted by atomic mass is 10.2. The van der Waals surface area contributed by atoms with Gasteiger partial charge in [-0.3, -0.25) is 0 Å². The monoisotopic (exact) mass is 274 g/mol. The number of halogens is 1. The van der Waals surface area contributed by atoms with E-state index in [4.69, 9.17) is 4.74 Å². The van der Waals surface area contributed by atoms with Crippen LogP contribution in [-0.2, 0) is 13.2 Å². The summed E-state index contributed by atoms with van der Waals surface area (Å²) in [6, 6.07) is 11.6. The van der Waals surface area contributed by atoms with Crippen LogP contribution in [0.2, 0.25) is 0 Å². The molecule has 0 aliphatic carbocycles. The Kier molecular flexibility index (Phi) is 5.07. The minimum Gasteiger partial charge on any atom is -0.471 e. The number of ether oxygens (including phenoxy) is 1. The molecule has 0 aliphatic rings. The Hall–Kier alpha value is -1.94. The highest BCUT2D eigenvalue weighted by Crippen LogP contribution is 2.18. The Morgan fingerprint density at radius 3 is 2.65 bits per heavy atom. The highest BCUT2D eigenvalue weighted by atomic mass is 19.1. The van der Waals surface area contributed by atoms with Crippen molar-refractivity contribution in [2.24, 2.45) is 0 Å². The van der Waals surface area contributed by atoms with Gasteiger partial charge in [-0.1, -0.05) is 44.2 Å². The number of hydrogen-bond acceptors (Lipinski definition) is 3. The first-order valence-corrected chi connectivity index (χ1v) is 6.70. The molecule has 0 amide bonds. The predicted octanol–water partition coefficient (Wildman–Crippen LogP) is 3.30. The second kappa shape index (κ2) is 7.01. The number of aromatic nitrogens is 1. The summed E-state index contributed by atoms with van der Waals surface area (Å²) in [7, 11) is 0. The Balaban J connectivity index is 2.03. The molecule has 4 heteroatoms. The van der Waals surface area contributed by atoms with Crippen LogP contribution in [0.1, 0.15) is 25.0 Å². The number of nitrogens with one attached hydrogen (secondary N) is 1. The molecule has 0 fully saturated rings. The van der Waals surface area contributed by atoms with Gasteiger partial charge in [0.15, 0.2) is 5.82 Å². The van der Waals surface area contributed by atoms with E-state index in [0.29, 0.717) is 24.8 Å². The average Bonchev–Trinajstić information content (AvgIpc) is 2.46. The second-order valence-corrected chi connectivity index (χ2v) is 4.90. The van der Waals surface area contributed by atoms with Gasteiger partial charge in [-0.25, -0.2) is 9.37 Å². The summed E-state index contributed by atoms with van der Waals surface area (Å²) < 4.78 is 19.7. The summed E-state index contributed by atoms with van der Waals surface area (Å²) in [6.45, 7) is 4.82. The van der Waals surface area contributed by atoms with Gasteiger partial charge >= 0.3 is 0 Å². The lowest BCUT2D eigenvalue weighted by Crippen LogP contribution is -2.22. The summed E-state index contributed by atoms with van der Waals surface area (Å²) in [5.41, 5.74) is 1.55. The van der Waals surface area contributed by atoms with Crippen LogP contribution < -0.4 is 10.1 Å². The van der Waals surface area contributed by atoms with E-state index in [1.807, 2.05) is 44.2 Å². The molecule has 0 radical (unpaired) electrons. The van der Waals surface area contributed by atoms with Gasteiger partial charge in [0, 0.05) is 24.3 Å². The summed E-state index contributed by atoms with van der Waals surface area (Å²) in [4.78, 5) is 3.96. The van der Waals surface area contributed by atoms with Crippen LogP contribution in [0, 0.1) is 5.82 Å². The van der Waals surface area contributed by atoms with Crippen molar-refractivity contribution in [2.45, 2.75) is 33.0 Å². The number of benzene rings is 1. The first-order valence-electron chi connectivity index (χ1n) is 6.70. The van der Waals surface area contributed by atoms with Gasteiger partial charge in [0.05, 0.1) is 0 Å². The normalized spacial score (nSPS) is 10.8. The van der Waals surface area contributed by atoms with Crippen molar-refractivity contribution in [1.82, 2.24) is 10.3 Å². The van der Waals surface area contributed by atoms with E-state index < -0.39 is 5.82 Å². The van der Waals surface area contributed by atoms with Crippen molar-refractivity contribution < 1.29 is 9.13 Å². The average molecular weight is 274 g/mol. The highest BCUT2D eigenvalue weighted by molar-refractivity contribution is 5.24. The fourth-order valence-corrected chi connectivity index (χ4v) is 1.74. The minimum atomic E-state index is -0.392. The maximum atomic E-state index is 14.2. The van der Waals surface area contributed by atoms with Gasteiger partial charge in [-0.05, 0) is 11.6 Å². The maximum absolute atomic E-state index is 14.2. The molecule has 1 N–H and O–H groups in total. The van der Waals surface area contributed by atoms with E-state index in [2.05, 4.69) is 10.3 Å². The van der Waals surface area contributed by atoms with Gasteiger partial charge in [0.25, 0.3) is 5.88 Å². The molecule has 1 aromatic heterocycles. The third-order valence-corrected chi connectivity index (χ3v) is 2.86. The fraction of sp³-hybridized carbons (Fsp3) is 0.312. The zero-order chi connectivity index (χ0) is 14.4. The first-order chi connectivity index (χ1) is 9.66. The van der Waals surface area contributed by atoms with Crippen molar-refractivity contribution in [3.05, 3.63) is 59.5 Å². The second-order valence-electron chi connectivity index (χ2n) is 4.90. The topological polar surface area (TPSA) is 34.2 Å². The van der Waals surface area contributed by atoms with Crippen LogP contribution in [0.25, 0.3) is 0 Å². The molecule has 0 saturated heterocycles. The number of rotatable bonds is 6. The van der Waals surface area contributed by atoms with Crippen LogP contribution in [0.4, 0.5) is 4.39 Å². The van der Waals surface area contributed by atoms with E-state index in [1.54, 1.807) is 12.3 Å². The van der Waals surface area contributed by atoms with Gasteiger partial charge in [0.1, 0.15) is 6.61 Å². The third-order valence-electron chi connectivity index (χ3n) is 2.86. The summed E-state index contributed by atoms with van der Waals surface area (Å²) in [5.74, 6) is -0.339. The molecular weight excluding hydrogens is 255 g/mol. The van der Waals surface area contributed by atoms with E-state index in [0.717, 1.165) is 5.56 Å². The Bertz CT molecular complexity index is 543. The van der Waals surface area contributed by atoms with Gasteiger partial charge in [-0.2, -0.15) is 0 Å². The van der Waals surface area contributed by atoms with Crippen LogP contribution in [0.3, 0.4) is 0 Å². The fourth-order valence-electron chi connectivity index (χ4n) is 1.74. The highest BCUT2D eigenvalue weighted by Gasteiger charge is 2.11. The standard InChI is InChI=1S/C16H19FN2O/c1-12(2)19-10-14-8-9-18-16(15(14)17)20-11-13-6-4-3-5-7-13/h3-9,12,19H,10-11H2,1-2H3. The zero-order valence-electron chi connectivity index (χ0n) is 11.8. The Morgan fingerprint density at radius 1 is 1.20 bits per heavy atom. The molecule has 0 atom stereocenters. The summed E-state index contributed by atoms with van der Waals surface area (Å²) in [5, 5.41) is 3.18. The molecule has 0 aliphatic heterocycles. The lowest BCUT2D eigenvalue weighted by Gasteiger charge is -2.11. The molecule has 1 aromatic carbocycles. The largest absolute Gasteiger partial charge is 0.471 e. The van der Waals surface area contributed by atoms with Crippen LogP contribution in [-0.4, -0.2) is 11.0 Å². The van der Waals surface area contributed by atoms with Gasteiger partial charge in [-0.15, -0.1) is 0 Å². The van der Waals surface area contributed by atoms with Crippen molar-refractivity contribution in [3.8, 4) is 5.88 Å². The molecule has 1 heterocycles. The van der Waals surface area contributed by atoms with E-state index in [1.165, 1.54) is 0 Å². The third kappa shape index (κ3) is 4.03. The van der Waals surface area contributed by atoms with Crippen molar-refractivity contribution in [2.75, 3.05) is 0 Å². The number of nitrogens with zero attached hydrogens (tertiary/aromatic N) is 1. The molecule has 2 aromatic rings. The summed E-state index contributed by atoms with van der Waals surface area (Å²) in [6.07, 6.45) is 1.57. The van der Waals surface area contributed by atoms with E-state index >= 15 is 0 Å². The van der Waals surface area contributed by atoms with Crippen molar-refractivity contribution >= 4 is 0 Å². The SMILES string of the molecule is CC(C)NCc1ccnc(OCc2ccccc2)c1F. The molecule has 106 valence electrons. The van der Waals surface area contributed by atoms with Crippen molar-refractivity contribution in [3.63, 3.8) is 0 Å².